The topological polar surface area (TPSA) is 56.1 Å². The smallest absolute Gasteiger partial charge is 0.387 e. The minimum atomic E-state index is -2.87. The molecule has 0 aliphatic rings. The van der Waals surface area contributed by atoms with Crippen LogP contribution in [0.3, 0.4) is 0 Å². The number of benzene rings is 3. The van der Waals surface area contributed by atoms with Gasteiger partial charge in [-0.1, -0.05) is 54.6 Å². The van der Waals surface area contributed by atoms with E-state index in [1.165, 1.54) is 29.0 Å². The van der Waals surface area contributed by atoms with Crippen LogP contribution in [0.25, 0.3) is 16.8 Å². The van der Waals surface area contributed by atoms with Crippen LogP contribution in [0, 0.1) is 0 Å². The maximum atomic E-state index is 12.2. The molecule has 0 aliphatic carbocycles. The normalized spacial score (nSPS) is 11.3. The van der Waals surface area contributed by atoms with Crippen LogP contribution in [0.15, 0.2) is 85.1 Å². The zero-order valence-corrected chi connectivity index (χ0v) is 16.4. The summed E-state index contributed by atoms with van der Waals surface area (Å²) in [5.41, 5.74) is 1.82. The number of hydrogen-bond donors (Lipinski definition) is 1. The van der Waals surface area contributed by atoms with Crippen molar-refractivity contribution in [3.05, 3.63) is 96.2 Å². The Bertz CT molecular complexity index is 1210. The van der Waals surface area contributed by atoms with E-state index in [1.807, 2.05) is 24.4 Å². The molecule has 1 heterocycles. The van der Waals surface area contributed by atoms with Gasteiger partial charge < -0.3 is 10.1 Å². The van der Waals surface area contributed by atoms with Crippen molar-refractivity contribution in [2.24, 2.45) is 0 Å². The summed E-state index contributed by atoms with van der Waals surface area (Å²) < 4.78 is 30.4. The molecule has 4 rings (SSSR count). The number of nitrogens with one attached hydrogen (secondary N) is 1. The number of fused-ring (bicyclic) bond motifs is 1. The predicted molar refractivity (Wildman–Crippen MR) is 116 cm³/mol. The van der Waals surface area contributed by atoms with Crippen molar-refractivity contribution in [1.82, 2.24) is 9.78 Å². The maximum absolute atomic E-state index is 12.2. The van der Waals surface area contributed by atoms with Crippen LogP contribution in [0.2, 0.25) is 0 Å². The van der Waals surface area contributed by atoms with Crippen LogP contribution in [-0.4, -0.2) is 22.3 Å². The summed E-state index contributed by atoms with van der Waals surface area (Å²) in [5, 5.41) is 9.45. The molecule has 5 nitrogen and oxygen atoms in total. The fourth-order valence-corrected chi connectivity index (χ4v) is 3.22. The fraction of sp³-hybridized carbons (Fsp3) is 0.0833. The standard InChI is InChI=1S/C24H19F2N3O2/c25-24(26)31-20-11-8-17(9-12-20)10-13-23(30)27-22-14-15-29(28-22)16-19-6-3-5-18-4-1-2-7-21(18)19/h1-15,24H,16H2,(H,27,28,30)/b13-10-. The van der Waals surface area contributed by atoms with Crippen molar-refractivity contribution < 1.29 is 18.3 Å². The minimum Gasteiger partial charge on any atom is -0.435 e. The third kappa shape index (κ3) is 5.33. The van der Waals surface area contributed by atoms with E-state index in [0.717, 1.165) is 5.56 Å². The number of nitrogens with zero attached hydrogens (tertiary/aromatic N) is 2. The zero-order chi connectivity index (χ0) is 21.6. The molecule has 4 aromatic rings. The molecule has 0 bridgehead atoms. The van der Waals surface area contributed by atoms with Crippen LogP contribution in [0.5, 0.6) is 5.75 Å². The Kier molecular flexibility index (Phi) is 6.03. The number of rotatable bonds is 7. The van der Waals surface area contributed by atoms with E-state index in [4.69, 9.17) is 0 Å². The highest BCUT2D eigenvalue weighted by atomic mass is 19.3. The van der Waals surface area contributed by atoms with E-state index in [9.17, 15) is 13.6 Å². The van der Waals surface area contributed by atoms with Gasteiger partial charge >= 0.3 is 6.61 Å². The average molecular weight is 419 g/mol. The Morgan fingerprint density at radius 2 is 1.81 bits per heavy atom. The molecule has 0 aliphatic heterocycles. The molecule has 1 N–H and O–H groups in total. The van der Waals surface area contributed by atoms with Crippen molar-refractivity contribution in [3.63, 3.8) is 0 Å². The highest BCUT2D eigenvalue weighted by Crippen LogP contribution is 2.20. The number of hydrogen-bond acceptors (Lipinski definition) is 3. The van der Waals surface area contributed by atoms with Gasteiger partial charge in [0.15, 0.2) is 5.82 Å². The molecule has 1 amide bonds. The second kappa shape index (κ2) is 9.21. The van der Waals surface area contributed by atoms with Gasteiger partial charge in [-0.3, -0.25) is 9.48 Å². The number of carbonyl (C=O) groups is 1. The molecule has 0 fully saturated rings. The number of aromatic nitrogens is 2. The lowest BCUT2D eigenvalue weighted by atomic mass is 10.0. The van der Waals surface area contributed by atoms with Gasteiger partial charge in [-0.25, -0.2) is 0 Å². The summed E-state index contributed by atoms with van der Waals surface area (Å²) >= 11 is 0. The van der Waals surface area contributed by atoms with Crippen molar-refractivity contribution in [1.29, 1.82) is 0 Å². The third-order valence-corrected chi connectivity index (χ3v) is 4.64. The molecule has 0 atom stereocenters. The predicted octanol–water partition coefficient (Wildman–Crippen LogP) is 5.34. The first-order chi connectivity index (χ1) is 15.1. The van der Waals surface area contributed by atoms with Crippen molar-refractivity contribution in [3.8, 4) is 5.75 Å². The second-order valence-electron chi connectivity index (χ2n) is 6.81. The lowest BCUT2D eigenvalue weighted by Gasteiger charge is -2.06. The summed E-state index contributed by atoms with van der Waals surface area (Å²) in [4.78, 5) is 12.2. The first kappa shape index (κ1) is 20.3. The summed E-state index contributed by atoms with van der Waals surface area (Å²) in [5.74, 6) is 0.159. The Labute approximate surface area is 177 Å². The Morgan fingerprint density at radius 3 is 2.61 bits per heavy atom. The van der Waals surface area contributed by atoms with Crippen LogP contribution in [-0.2, 0) is 11.3 Å². The highest BCUT2D eigenvalue weighted by molar-refractivity contribution is 6.01. The van der Waals surface area contributed by atoms with Crippen LogP contribution >= 0.6 is 0 Å². The molecule has 3 aromatic carbocycles. The van der Waals surface area contributed by atoms with Crippen LogP contribution < -0.4 is 10.1 Å². The second-order valence-corrected chi connectivity index (χ2v) is 6.81. The number of ether oxygens (including phenoxy) is 1. The molecule has 0 saturated carbocycles. The number of alkyl halides is 2. The molecular formula is C24H19F2N3O2. The van der Waals surface area contributed by atoms with Gasteiger partial charge in [0.2, 0.25) is 5.91 Å². The molecule has 156 valence electrons. The van der Waals surface area contributed by atoms with Crippen molar-refractivity contribution in [2.75, 3.05) is 5.32 Å². The van der Waals surface area contributed by atoms with Gasteiger partial charge in [0.05, 0.1) is 6.54 Å². The van der Waals surface area contributed by atoms with Crippen molar-refractivity contribution in [2.45, 2.75) is 13.2 Å². The van der Waals surface area contributed by atoms with Gasteiger partial charge in [-0.2, -0.15) is 13.9 Å². The van der Waals surface area contributed by atoms with Gasteiger partial charge in [0, 0.05) is 18.3 Å². The Hall–Kier alpha value is -4.00. The first-order valence-electron chi connectivity index (χ1n) is 9.61. The van der Waals surface area contributed by atoms with E-state index < -0.39 is 6.61 Å². The van der Waals surface area contributed by atoms with Gasteiger partial charge in [0.1, 0.15) is 5.75 Å². The lowest BCUT2D eigenvalue weighted by Crippen LogP contribution is -2.09. The summed E-state index contributed by atoms with van der Waals surface area (Å²) in [6.07, 6.45) is 4.74. The number of anilines is 1. The number of halogens is 2. The summed E-state index contributed by atoms with van der Waals surface area (Å²) in [7, 11) is 0. The molecule has 0 saturated heterocycles. The fourth-order valence-electron chi connectivity index (χ4n) is 3.22. The maximum Gasteiger partial charge on any atom is 0.387 e. The van der Waals surface area contributed by atoms with E-state index in [2.05, 4.69) is 39.4 Å². The van der Waals surface area contributed by atoms with E-state index >= 15 is 0 Å². The Balaban J connectivity index is 1.37. The van der Waals surface area contributed by atoms with Crippen molar-refractivity contribution >= 4 is 28.6 Å². The summed E-state index contributed by atoms with van der Waals surface area (Å²) in [6.45, 7) is -2.28. The number of carbonyl (C=O) groups excluding carboxylic acids is 1. The molecule has 31 heavy (non-hydrogen) atoms. The molecule has 0 radical (unpaired) electrons. The van der Waals surface area contributed by atoms with Gasteiger partial charge in [0.25, 0.3) is 0 Å². The molecular weight excluding hydrogens is 400 g/mol. The SMILES string of the molecule is O=C(/C=C\c1ccc(OC(F)F)cc1)Nc1ccn(Cc2cccc3ccccc23)n1. The largest absolute Gasteiger partial charge is 0.435 e. The first-order valence-corrected chi connectivity index (χ1v) is 9.61. The quantitative estimate of drug-likeness (QED) is 0.412. The summed E-state index contributed by atoms with van der Waals surface area (Å²) in [6, 6.07) is 22.0. The monoisotopic (exact) mass is 419 g/mol. The van der Waals surface area contributed by atoms with E-state index in [0.29, 0.717) is 17.9 Å². The minimum absolute atomic E-state index is 0.0633. The molecule has 0 spiro atoms. The molecule has 7 heteroatoms. The highest BCUT2D eigenvalue weighted by Gasteiger charge is 2.06. The zero-order valence-electron chi connectivity index (χ0n) is 16.4. The van der Waals surface area contributed by atoms with Crippen LogP contribution in [0.4, 0.5) is 14.6 Å². The van der Waals surface area contributed by atoms with E-state index in [-0.39, 0.29) is 11.7 Å². The average Bonchev–Trinajstić information content (AvgIpc) is 3.20. The molecule has 0 unspecified atom stereocenters. The van der Waals surface area contributed by atoms with E-state index in [1.54, 1.807) is 29.0 Å². The van der Waals surface area contributed by atoms with Crippen LogP contribution in [0.1, 0.15) is 11.1 Å². The van der Waals surface area contributed by atoms with Gasteiger partial charge in [-0.05, 0) is 40.1 Å². The lowest BCUT2D eigenvalue weighted by molar-refractivity contribution is -0.111. The van der Waals surface area contributed by atoms with Gasteiger partial charge in [-0.15, -0.1) is 0 Å². The molecule has 1 aromatic heterocycles. The Morgan fingerprint density at radius 1 is 1.03 bits per heavy atom. The third-order valence-electron chi connectivity index (χ3n) is 4.64. The number of amides is 1.